The molecule has 0 spiro atoms. The Balaban J connectivity index is 1.19. The molecule has 1 unspecified atom stereocenters. The SMILES string of the molecule is CCCCCCCCCCCCCCCCCC(=O)NC1C=C2Oc3cc(N(CC)CC)ccc3N=C2c2ccccc21. The van der Waals surface area contributed by atoms with Crippen molar-refractivity contribution in [2.75, 3.05) is 18.0 Å². The fraction of sp³-hybridized carbons (Fsp3) is 0.579. The topological polar surface area (TPSA) is 53.9 Å². The lowest BCUT2D eigenvalue weighted by Gasteiger charge is -2.30. The van der Waals surface area contributed by atoms with E-state index in [1.807, 2.05) is 24.3 Å². The summed E-state index contributed by atoms with van der Waals surface area (Å²) in [4.78, 5) is 20.3. The smallest absolute Gasteiger partial charge is 0.220 e. The van der Waals surface area contributed by atoms with Crippen LogP contribution in [-0.2, 0) is 4.79 Å². The Morgan fingerprint density at radius 2 is 1.40 bits per heavy atom. The first-order valence-electron chi connectivity index (χ1n) is 17.4. The number of ether oxygens (including phenoxy) is 1. The maximum Gasteiger partial charge on any atom is 0.220 e. The maximum atomic E-state index is 13.0. The first-order chi connectivity index (χ1) is 21.1. The average molecular weight is 586 g/mol. The molecule has 0 radical (unpaired) electrons. The number of hydrogen-bond acceptors (Lipinski definition) is 4. The number of carbonyl (C=O) groups is 1. The molecule has 2 aromatic rings. The number of nitrogens with zero attached hydrogens (tertiary/aromatic N) is 2. The highest BCUT2D eigenvalue weighted by molar-refractivity contribution is 6.16. The summed E-state index contributed by atoms with van der Waals surface area (Å²) in [7, 11) is 0. The molecule has 5 heteroatoms. The van der Waals surface area contributed by atoms with Gasteiger partial charge in [-0.25, -0.2) is 4.99 Å². The molecule has 0 aromatic heterocycles. The van der Waals surface area contributed by atoms with Crippen LogP contribution in [0.15, 0.2) is 59.3 Å². The van der Waals surface area contributed by atoms with Gasteiger partial charge in [0.25, 0.3) is 0 Å². The molecule has 1 aliphatic heterocycles. The fourth-order valence-electron chi connectivity index (χ4n) is 6.36. The number of anilines is 1. The Hall–Kier alpha value is -3.08. The van der Waals surface area contributed by atoms with E-state index in [0.717, 1.165) is 65.7 Å². The highest BCUT2D eigenvalue weighted by Gasteiger charge is 2.30. The summed E-state index contributed by atoms with van der Waals surface area (Å²) in [6.45, 7) is 8.48. The van der Waals surface area contributed by atoms with Gasteiger partial charge in [0.05, 0.1) is 6.04 Å². The monoisotopic (exact) mass is 585 g/mol. The first-order valence-corrected chi connectivity index (χ1v) is 17.4. The van der Waals surface area contributed by atoms with Crippen LogP contribution >= 0.6 is 0 Å². The Morgan fingerprint density at radius 1 is 0.791 bits per heavy atom. The fourth-order valence-corrected chi connectivity index (χ4v) is 6.36. The molecule has 1 heterocycles. The van der Waals surface area contributed by atoms with E-state index in [9.17, 15) is 4.79 Å². The second kappa shape index (κ2) is 17.9. The van der Waals surface area contributed by atoms with Crippen LogP contribution in [-0.4, -0.2) is 24.7 Å². The zero-order chi connectivity index (χ0) is 30.3. The van der Waals surface area contributed by atoms with E-state index >= 15 is 0 Å². The van der Waals surface area contributed by atoms with Gasteiger partial charge in [0.2, 0.25) is 5.91 Å². The van der Waals surface area contributed by atoms with Crippen LogP contribution in [0.2, 0.25) is 0 Å². The Morgan fingerprint density at radius 3 is 2.02 bits per heavy atom. The second-order valence-corrected chi connectivity index (χ2v) is 12.2. The summed E-state index contributed by atoms with van der Waals surface area (Å²) in [5.41, 5.74) is 4.91. The number of unbranched alkanes of at least 4 members (excludes halogenated alkanes) is 14. The Bertz CT molecular complexity index is 1210. The molecule has 2 aliphatic rings. The lowest BCUT2D eigenvalue weighted by molar-refractivity contribution is -0.121. The molecule has 1 atom stereocenters. The quantitative estimate of drug-likeness (QED) is 0.157. The summed E-state index contributed by atoms with van der Waals surface area (Å²) in [6, 6.07) is 14.2. The van der Waals surface area contributed by atoms with Crippen LogP contribution in [0.3, 0.4) is 0 Å². The summed E-state index contributed by atoms with van der Waals surface area (Å²) >= 11 is 0. The van der Waals surface area contributed by atoms with Crippen LogP contribution in [0, 0.1) is 0 Å². The van der Waals surface area contributed by atoms with Gasteiger partial charge in [-0.3, -0.25) is 4.79 Å². The number of nitrogens with one attached hydrogen (secondary N) is 1. The molecule has 0 saturated heterocycles. The van der Waals surface area contributed by atoms with E-state index < -0.39 is 0 Å². The van der Waals surface area contributed by atoms with E-state index in [2.05, 4.69) is 55.3 Å². The highest BCUT2D eigenvalue weighted by Crippen LogP contribution is 2.41. The van der Waals surface area contributed by atoms with Crippen LogP contribution < -0.4 is 15.0 Å². The molecular weight excluding hydrogens is 530 g/mol. The molecule has 4 rings (SSSR count). The number of allylic oxidation sites excluding steroid dienone is 1. The predicted molar refractivity (Wildman–Crippen MR) is 182 cm³/mol. The molecule has 0 fully saturated rings. The maximum absolute atomic E-state index is 13.0. The van der Waals surface area contributed by atoms with Gasteiger partial charge in [0, 0.05) is 36.8 Å². The predicted octanol–water partition coefficient (Wildman–Crippen LogP) is 10.4. The lowest BCUT2D eigenvalue weighted by atomic mass is 9.89. The van der Waals surface area contributed by atoms with E-state index in [4.69, 9.17) is 9.73 Å². The molecule has 43 heavy (non-hydrogen) atoms. The van der Waals surface area contributed by atoms with Crippen molar-refractivity contribution >= 4 is 23.0 Å². The number of hydrogen-bond donors (Lipinski definition) is 1. The molecule has 2 aromatic carbocycles. The molecule has 1 amide bonds. The van der Waals surface area contributed by atoms with Crippen molar-refractivity contribution < 1.29 is 9.53 Å². The van der Waals surface area contributed by atoms with Gasteiger partial charge in [-0.2, -0.15) is 0 Å². The number of rotatable bonds is 20. The van der Waals surface area contributed by atoms with Crippen LogP contribution in [0.1, 0.15) is 141 Å². The van der Waals surface area contributed by atoms with Gasteiger partial charge in [-0.15, -0.1) is 0 Å². The second-order valence-electron chi connectivity index (χ2n) is 12.2. The van der Waals surface area contributed by atoms with Crippen LogP contribution in [0.5, 0.6) is 5.75 Å². The molecule has 5 nitrogen and oxygen atoms in total. The minimum Gasteiger partial charge on any atom is -0.453 e. The number of amides is 1. The molecule has 1 N–H and O–H groups in total. The Kier molecular flexibility index (Phi) is 13.7. The summed E-state index contributed by atoms with van der Waals surface area (Å²) in [5.74, 6) is 1.59. The molecule has 234 valence electrons. The standard InChI is InChI=1S/C38H55N3O2/c1-4-7-8-9-10-11-12-13-14-15-16-17-18-19-20-25-37(42)39-34-29-36-38(32-24-22-21-23-31(32)34)40-33-27-26-30(28-35(33)43-36)41(5-2)6-3/h21-24,26-29,34H,4-20,25H2,1-3H3,(H,39,42). The van der Waals surface area contributed by atoms with Crippen molar-refractivity contribution in [1.29, 1.82) is 0 Å². The van der Waals surface area contributed by atoms with Gasteiger partial charge in [-0.1, -0.05) is 121 Å². The van der Waals surface area contributed by atoms with Gasteiger partial charge in [0.15, 0.2) is 11.5 Å². The van der Waals surface area contributed by atoms with E-state index in [1.165, 1.54) is 83.5 Å². The van der Waals surface area contributed by atoms with E-state index in [1.54, 1.807) is 0 Å². The van der Waals surface area contributed by atoms with Gasteiger partial charge >= 0.3 is 0 Å². The van der Waals surface area contributed by atoms with Crippen molar-refractivity contribution in [1.82, 2.24) is 5.32 Å². The third-order valence-corrected chi connectivity index (χ3v) is 8.95. The number of carbonyl (C=O) groups excluding carboxylic acids is 1. The zero-order valence-corrected chi connectivity index (χ0v) is 27.1. The van der Waals surface area contributed by atoms with Crippen molar-refractivity contribution in [2.24, 2.45) is 4.99 Å². The molecule has 0 saturated carbocycles. The van der Waals surface area contributed by atoms with Crippen LogP contribution in [0.4, 0.5) is 11.4 Å². The third kappa shape index (κ3) is 9.71. The molecular formula is C38H55N3O2. The van der Waals surface area contributed by atoms with Gasteiger partial charge < -0.3 is 15.0 Å². The Labute approximate surface area is 261 Å². The summed E-state index contributed by atoms with van der Waals surface area (Å²) in [5, 5.41) is 3.27. The minimum atomic E-state index is -0.221. The van der Waals surface area contributed by atoms with Crippen molar-refractivity contribution in [3.8, 4) is 5.75 Å². The average Bonchev–Trinajstić information content (AvgIpc) is 3.02. The molecule has 1 aliphatic carbocycles. The summed E-state index contributed by atoms with van der Waals surface area (Å²) in [6.07, 6.45) is 22.5. The third-order valence-electron chi connectivity index (χ3n) is 8.95. The van der Waals surface area contributed by atoms with E-state index in [0.29, 0.717) is 6.42 Å². The van der Waals surface area contributed by atoms with Crippen LogP contribution in [0.25, 0.3) is 0 Å². The normalized spacial score (nSPS) is 15.0. The minimum absolute atomic E-state index is 0.103. The molecule has 0 bridgehead atoms. The van der Waals surface area contributed by atoms with Gasteiger partial charge in [0.1, 0.15) is 11.4 Å². The van der Waals surface area contributed by atoms with Crippen molar-refractivity contribution in [2.45, 2.75) is 130 Å². The first kappa shape index (κ1) is 32.8. The van der Waals surface area contributed by atoms with Gasteiger partial charge in [-0.05, 0) is 44.0 Å². The van der Waals surface area contributed by atoms with Crippen molar-refractivity contribution in [3.05, 3.63) is 65.4 Å². The zero-order valence-electron chi connectivity index (χ0n) is 27.1. The number of aliphatic imine (C=N–C) groups is 1. The summed E-state index contributed by atoms with van der Waals surface area (Å²) < 4.78 is 6.43. The highest BCUT2D eigenvalue weighted by atomic mass is 16.5. The van der Waals surface area contributed by atoms with Crippen molar-refractivity contribution in [3.63, 3.8) is 0 Å². The lowest BCUT2D eigenvalue weighted by Crippen LogP contribution is -2.32. The number of benzene rings is 2. The largest absolute Gasteiger partial charge is 0.453 e. The van der Waals surface area contributed by atoms with E-state index in [-0.39, 0.29) is 11.9 Å². The number of fused-ring (bicyclic) bond motifs is 4.